The number of carbonyl (C=O) groups excluding carboxylic acids is 1. The maximum Gasteiger partial charge on any atom is 0.164 e. The van der Waals surface area contributed by atoms with Gasteiger partial charge in [-0.1, -0.05) is 20.3 Å². The summed E-state index contributed by atoms with van der Waals surface area (Å²) in [5.74, 6) is 0.815. The van der Waals surface area contributed by atoms with Gasteiger partial charge in [0.05, 0.1) is 0 Å². The third kappa shape index (κ3) is 2.11. The summed E-state index contributed by atoms with van der Waals surface area (Å²) in [5.41, 5.74) is -0.385. The van der Waals surface area contributed by atoms with Crippen LogP contribution in [0.5, 0.6) is 0 Å². The van der Waals surface area contributed by atoms with Gasteiger partial charge in [-0.15, -0.1) is 0 Å². The molecular weight excluding hydrogens is 164 g/mol. The molecule has 0 heterocycles. The van der Waals surface area contributed by atoms with Crippen LogP contribution in [0.1, 0.15) is 46.0 Å². The van der Waals surface area contributed by atoms with Crippen LogP contribution in [-0.2, 0) is 9.53 Å². The minimum absolute atomic E-state index is 0.315. The van der Waals surface area contributed by atoms with E-state index in [4.69, 9.17) is 4.74 Å². The summed E-state index contributed by atoms with van der Waals surface area (Å²) in [5, 5.41) is 0. The number of ether oxygens (including phenoxy) is 1. The van der Waals surface area contributed by atoms with Gasteiger partial charge in [0.1, 0.15) is 5.60 Å². The lowest BCUT2D eigenvalue weighted by Gasteiger charge is -2.39. The maximum absolute atomic E-state index is 11.8. The van der Waals surface area contributed by atoms with Crippen LogP contribution in [0.25, 0.3) is 0 Å². The van der Waals surface area contributed by atoms with Crippen LogP contribution in [-0.4, -0.2) is 18.5 Å². The number of ketones is 1. The zero-order valence-corrected chi connectivity index (χ0v) is 8.93. The van der Waals surface area contributed by atoms with Gasteiger partial charge in [-0.2, -0.15) is 0 Å². The van der Waals surface area contributed by atoms with Crippen molar-refractivity contribution < 1.29 is 9.53 Å². The predicted molar refractivity (Wildman–Crippen MR) is 52.7 cm³/mol. The lowest BCUT2D eigenvalue weighted by Crippen LogP contribution is -2.47. The summed E-state index contributed by atoms with van der Waals surface area (Å²) in [4.78, 5) is 11.8. The van der Waals surface area contributed by atoms with Gasteiger partial charge >= 0.3 is 0 Å². The van der Waals surface area contributed by atoms with Crippen molar-refractivity contribution in [3.05, 3.63) is 0 Å². The molecule has 1 fully saturated rings. The summed E-state index contributed by atoms with van der Waals surface area (Å²) in [6, 6.07) is 0. The summed E-state index contributed by atoms with van der Waals surface area (Å²) in [6.45, 7) is 4.25. The standard InChI is InChI=1S/C11H20O2/c1-4-9(2)8-10(12)11(13-3)6-5-7-11/h9H,4-8H2,1-3H3. The zero-order chi connectivity index (χ0) is 9.90. The Labute approximate surface area is 80.7 Å². The maximum atomic E-state index is 11.8. The third-order valence-corrected chi connectivity index (χ3v) is 3.29. The van der Waals surface area contributed by atoms with E-state index in [1.165, 1.54) is 0 Å². The fraction of sp³-hybridized carbons (Fsp3) is 0.909. The van der Waals surface area contributed by atoms with Crippen molar-refractivity contribution in [3.8, 4) is 0 Å². The van der Waals surface area contributed by atoms with Gasteiger partial charge in [0.2, 0.25) is 0 Å². The van der Waals surface area contributed by atoms with Crippen LogP contribution in [0.3, 0.4) is 0 Å². The molecule has 0 bridgehead atoms. The molecule has 0 radical (unpaired) electrons. The van der Waals surface area contributed by atoms with E-state index in [2.05, 4.69) is 13.8 Å². The fourth-order valence-electron chi connectivity index (χ4n) is 1.74. The van der Waals surface area contributed by atoms with E-state index < -0.39 is 0 Å². The molecule has 1 rings (SSSR count). The van der Waals surface area contributed by atoms with Crippen LogP contribution >= 0.6 is 0 Å². The Balaban J connectivity index is 2.46. The second-order valence-electron chi connectivity index (χ2n) is 4.19. The van der Waals surface area contributed by atoms with Crippen molar-refractivity contribution in [1.82, 2.24) is 0 Å². The van der Waals surface area contributed by atoms with Gasteiger partial charge in [0, 0.05) is 13.5 Å². The summed E-state index contributed by atoms with van der Waals surface area (Å²) >= 11 is 0. The summed E-state index contributed by atoms with van der Waals surface area (Å²) in [6.07, 6.45) is 4.76. The zero-order valence-electron chi connectivity index (χ0n) is 8.93. The highest BCUT2D eigenvalue weighted by Gasteiger charge is 2.43. The molecule has 1 aliphatic carbocycles. The molecule has 13 heavy (non-hydrogen) atoms. The van der Waals surface area contributed by atoms with E-state index in [0.29, 0.717) is 18.1 Å². The molecule has 0 N–H and O–H groups in total. The number of methoxy groups -OCH3 is 1. The molecule has 1 saturated carbocycles. The molecule has 2 heteroatoms. The first-order chi connectivity index (χ1) is 6.14. The van der Waals surface area contributed by atoms with E-state index >= 15 is 0 Å². The topological polar surface area (TPSA) is 26.3 Å². The highest BCUT2D eigenvalue weighted by atomic mass is 16.5. The quantitative estimate of drug-likeness (QED) is 0.656. The molecule has 0 amide bonds. The van der Waals surface area contributed by atoms with Crippen LogP contribution in [0.15, 0.2) is 0 Å². The number of hydrogen-bond donors (Lipinski definition) is 0. The summed E-state index contributed by atoms with van der Waals surface area (Å²) in [7, 11) is 1.66. The first kappa shape index (κ1) is 10.7. The van der Waals surface area contributed by atoms with Crippen molar-refractivity contribution in [3.63, 3.8) is 0 Å². The minimum atomic E-state index is -0.385. The SMILES string of the molecule is CCC(C)CC(=O)C1(OC)CCC1. The van der Waals surface area contributed by atoms with Gasteiger partial charge in [0.25, 0.3) is 0 Å². The van der Waals surface area contributed by atoms with Crippen molar-refractivity contribution in [2.24, 2.45) is 5.92 Å². The monoisotopic (exact) mass is 184 g/mol. The first-order valence-corrected chi connectivity index (χ1v) is 5.23. The van der Waals surface area contributed by atoms with Crippen molar-refractivity contribution in [1.29, 1.82) is 0 Å². The molecule has 76 valence electrons. The first-order valence-electron chi connectivity index (χ1n) is 5.23. The third-order valence-electron chi connectivity index (χ3n) is 3.29. The van der Waals surface area contributed by atoms with E-state index in [1.54, 1.807) is 7.11 Å². The number of carbonyl (C=O) groups is 1. The van der Waals surface area contributed by atoms with Crippen molar-refractivity contribution >= 4 is 5.78 Å². The van der Waals surface area contributed by atoms with Crippen LogP contribution in [0, 0.1) is 5.92 Å². The fourth-order valence-corrected chi connectivity index (χ4v) is 1.74. The largest absolute Gasteiger partial charge is 0.370 e. The van der Waals surface area contributed by atoms with E-state index in [0.717, 1.165) is 25.7 Å². The number of rotatable bonds is 5. The smallest absolute Gasteiger partial charge is 0.164 e. The van der Waals surface area contributed by atoms with Gasteiger partial charge in [-0.05, 0) is 25.2 Å². The second-order valence-corrected chi connectivity index (χ2v) is 4.19. The second kappa shape index (κ2) is 4.23. The Morgan fingerprint density at radius 1 is 1.54 bits per heavy atom. The Bertz CT molecular complexity index is 177. The lowest BCUT2D eigenvalue weighted by atomic mass is 9.74. The number of Topliss-reactive ketones (excluding diaryl/α,β-unsaturated/α-hetero) is 1. The molecule has 0 aromatic rings. The molecule has 2 nitrogen and oxygen atoms in total. The van der Waals surface area contributed by atoms with Gasteiger partial charge in [-0.3, -0.25) is 4.79 Å². The Kier molecular flexibility index (Phi) is 3.48. The Morgan fingerprint density at radius 2 is 2.15 bits per heavy atom. The van der Waals surface area contributed by atoms with Crippen molar-refractivity contribution in [2.45, 2.75) is 51.6 Å². The van der Waals surface area contributed by atoms with Gasteiger partial charge in [-0.25, -0.2) is 0 Å². The lowest BCUT2D eigenvalue weighted by molar-refractivity contribution is -0.152. The van der Waals surface area contributed by atoms with Crippen LogP contribution in [0.2, 0.25) is 0 Å². The molecular formula is C11H20O2. The molecule has 1 atom stereocenters. The predicted octanol–water partition coefficient (Wildman–Crippen LogP) is 2.56. The average Bonchev–Trinajstić information content (AvgIpc) is 2.03. The van der Waals surface area contributed by atoms with Gasteiger partial charge < -0.3 is 4.74 Å². The van der Waals surface area contributed by atoms with E-state index in [-0.39, 0.29) is 5.60 Å². The minimum Gasteiger partial charge on any atom is -0.370 e. The average molecular weight is 184 g/mol. The number of hydrogen-bond acceptors (Lipinski definition) is 2. The molecule has 0 aromatic heterocycles. The Morgan fingerprint density at radius 3 is 2.46 bits per heavy atom. The summed E-state index contributed by atoms with van der Waals surface area (Å²) < 4.78 is 5.33. The highest BCUT2D eigenvalue weighted by Crippen LogP contribution is 2.37. The molecule has 0 aromatic carbocycles. The molecule has 0 spiro atoms. The van der Waals surface area contributed by atoms with E-state index in [1.807, 2.05) is 0 Å². The van der Waals surface area contributed by atoms with Gasteiger partial charge in [0.15, 0.2) is 5.78 Å². The molecule has 1 unspecified atom stereocenters. The van der Waals surface area contributed by atoms with Crippen molar-refractivity contribution in [2.75, 3.05) is 7.11 Å². The normalized spacial score (nSPS) is 22.1. The molecule has 0 aliphatic heterocycles. The molecule has 0 saturated heterocycles. The Hall–Kier alpha value is -0.370. The van der Waals surface area contributed by atoms with Crippen LogP contribution in [0.4, 0.5) is 0 Å². The molecule has 1 aliphatic rings. The van der Waals surface area contributed by atoms with Crippen LogP contribution < -0.4 is 0 Å². The highest BCUT2D eigenvalue weighted by molar-refractivity contribution is 5.88. The van der Waals surface area contributed by atoms with E-state index in [9.17, 15) is 4.79 Å².